The number of benzene rings is 1. The van der Waals surface area contributed by atoms with Crippen LogP contribution in [0.3, 0.4) is 0 Å². The smallest absolute Gasteiger partial charge is 0.0980 e. The molecule has 2 rings (SSSR count). The minimum atomic E-state index is -0.467. The molecule has 0 amide bonds. The van der Waals surface area contributed by atoms with Crippen molar-refractivity contribution < 1.29 is 14.9 Å². The molecular weight excluding hydrogens is 298 g/mol. The third-order valence-corrected chi connectivity index (χ3v) is 3.77. The first kappa shape index (κ1) is 13.8. The highest BCUT2D eigenvalue weighted by Gasteiger charge is 2.21. The Morgan fingerprint density at radius 3 is 2.94 bits per heavy atom. The van der Waals surface area contributed by atoms with E-state index in [4.69, 9.17) is 9.84 Å². The Balaban J connectivity index is 2.17. The lowest BCUT2D eigenvalue weighted by molar-refractivity contribution is 0.00353. The number of rotatable bonds is 3. The largest absolute Gasteiger partial charge is 0.394 e. The van der Waals surface area contributed by atoms with Crippen LogP contribution >= 0.6 is 15.9 Å². The fourth-order valence-corrected chi connectivity index (χ4v) is 2.74. The third-order valence-electron chi connectivity index (χ3n) is 3.14. The molecule has 100 valence electrons. The van der Waals surface area contributed by atoms with Crippen molar-refractivity contribution in [1.82, 2.24) is 0 Å². The van der Waals surface area contributed by atoms with Crippen LogP contribution in [0.25, 0.3) is 0 Å². The van der Waals surface area contributed by atoms with Crippen molar-refractivity contribution in [3.8, 4) is 0 Å². The van der Waals surface area contributed by atoms with Crippen LogP contribution in [0.2, 0.25) is 0 Å². The van der Waals surface area contributed by atoms with Crippen molar-refractivity contribution in [2.45, 2.75) is 19.1 Å². The van der Waals surface area contributed by atoms with Crippen LogP contribution in [0, 0.1) is 0 Å². The molecule has 1 unspecified atom stereocenters. The summed E-state index contributed by atoms with van der Waals surface area (Å²) < 4.78 is 6.39. The van der Waals surface area contributed by atoms with Crippen LogP contribution in [-0.4, -0.2) is 42.6 Å². The Kier molecular flexibility index (Phi) is 4.61. The summed E-state index contributed by atoms with van der Waals surface area (Å²) in [5.74, 6) is 0. The van der Waals surface area contributed by atoms with E-state index in [1.54, 1.807) is 6.92 Å². The number of ether oxygens (including phenoxy) is 1. The van der Waals surface area contributed by atoms with Gasteiger partial charge in [-0.3, -0.25) is 0 Å². The molecule has 1 heterocycles. The van der Waals surface area contributed by atoms with Crippen LogP contribution in [0.5, 0.6) is 0 Å². The van der Waals surface area contributed by atoms with Gasteiger partial charge in [0.15, 0.2) is 0 Å². The quantitative estimate of drug-likeness (QED) is 0.891. The fourth-order valence-electron chi connectivity index (χ4n) is 2.09. The van der Waals surface area contributed by atoms with Crippen LogP contribution in [0.1, 0.15) is 18.6 Å². The van der Waals surface area contributed by atoms with Crippen molar-refractivity contribution in [2.75, 3.05) is 31.2 Å². The van der Waals surface area contributed by atoms with Crippen LogP contribution < -0.4 is 4.90 Å². The van der Waals surface area contributed by atoms with Gasteiger partial charge in [0, 0.05) is 17.6 Å². The highest BCUT2D eigenvalue weighted by Crippen LogP contribution is 2.30. The highest BCUT2D eigenvalue weighted by molar-refractivity contribution is 9.10. The molecule has 4 nitrogen and oxygen atoms in total. The lowest BCUT2D eigenvalue weighted by atomic mass is 10.1. The maximum absolute atomic E-state index is 9.54. The van der Waals surface area contributed by atoms with Gasteiger partial charge in [-0.15, -0.1) is 0 Å². The Labute approximate surface area is 115 Å². The normalized spacial score (nSPS) is 22.0. The lowest BCUT2D eigenvalue weighted by Gasteiger charge is -2.34. The van der Waals surface area contributed by atoms with E-state index in [-0.39, 0.29) is 12.7 Å². The van der Waals surface area contributed by atoms with E-state index in [9.17, 15) is 5.11 Å². The number of aliphatic hydroxyl groups is 2. The fraction of sp³-hybridized carbons (Fsp3) is 0.538. The number of halogens is 1. The Morgan fingerprint density at radius 1 is 1.56 bits per heavy atom. The highest BCUT2D eigenvalue weighted by atomic mass is 79.9. The molecule has 5 heteroatoms. The van der Waals surface area contributed by atoms with Crippen molar-refractivity contribution in [3.05, 3.63) is 28.2 Å². The Morgan fingerprint density at radius 2 is 2.33 bits per heavy atom. The van der Waals surface area contributed by atoms with Crippen molar-refractivity contribution in [1.29, 1.82) is 0 Å². The van der Waals surface area contributed by atoms with Gasteiger partial charge < -0.3 is 19.8 Å². The molecule has 1 aromatic rings. The predicted molar refractivity (Wildman–Crippen MR) is 73.8 cm³/mol. The lowest BCUT2D eigenvalue weighted by Crippen LogP contribution is -2.44. The van der Waals surface area contributed by atoms with E-state index in [1.165, 1.54) is 0 Å². The van der Waals surface area contributed by atoms with Crippen LogP contribution in [-0.2, 0) is 4.74 Å². The molecule has 18 heavy (non-hydrogen) atoms. The molecule has 2 N–H and O–H groups in total. The summed E-state index contributed by atoms with van der Waals surface area (Å²) in [6.45, 7) is 3.90. The van der Waals surface area contributed by atoms with Crippen LogP contribution in [0.15, 0.2) is 22.7 Å². The van der Waals surface area contributed by atoms with E-state index in [2.05, 4.69) is 20.8 Å². The molecule has 0 aromatic heterocycles. The average Bonchev–Trinajstić information content (AvgIpc) is 2.38. The van der Waals surface area contributed by atoms with E-state index in [1.807, 2.05) is 18.2 Å². The van der Waals surface area contributed by atoms with Gasteiger partial charge in [-0.2, -0.15) is 0 Å². The average molecular weight is 316 g/mol. The van der Waals surface area contributed by atoms with Gasteiger partial charge in [-0.05, 0) is 40.5 Å². The standard InChI is InChI=1S/C13H18BrNO3/c1-9(17)10-2-3-13(12(14)6-10)15-4-5-18-11(7-15)8-16/h2-3,6,9,11,16-17H,4-5,7-8H2,1H3/t9-,11?/m0/s1. The van der Waals surface area contributed by atoms with Gasteiger partial charge in [0.05, 0.1) is 31.1 Å². The molecule has 0 saturated carbocycles. The molecular formula is C13H18BrNO3. The summed E-state index contributed by atoms with van der Waals surface area (Å²) in [5.41, 5.74) is 1.96. The number of anilines is 1. The minimum Gasteiger partial charge on any atom is -0.394 e. The molecule has 2 atom stereocenters. The number of morpholine rings is 1. The number of nitrogens with zero attached hydrogens (tertiary/aromatic N) is 1. The molecule has 1 aliphatic rings. The molecule has 0 spiro atoms. The molecule has 0 radical (unpaired) electrons. The Bertz CT molecular complexity index is 411. The van der Waals surface area contributed by atoms with Gasteiger partial charge >= 0.3 is 0 Å². The third kappa shape index (κ3) is 3.03. The number of hydrogen-bond acceptors (Lipinski definition) is 4. The minimum absolute atomic E-state index is 0.0415. The first-order valence-corrected chi connectivity index (χ1v) is 6.86. The summed E-state index contributed by atoms with van der Waals surface area (Å²) in [6.07, 6.45) is -0.590. The van der Waals surface area contributed by atoms with Gasteiger partial charge in [-0.25, -0.2) is 0 Å². The van der Waals surface area contributed by atoms with Crippen molar-refractivity contribution >= 4 is 21.6 Å². The topological polar surface area (TPSA) is 52.9 Å². The van der Waals surface area contributed by atoms with Crippen LogP contribution in [0.4, 0.5) is 5.69 Å². The van der Waals surface area contributed by atoms with E-state index < -0.39 is 6.10 Å². The van der Waals surface area contributed by atoms with E-state index in [0.717, 1.165) is 22.3 Å². The molecule has 1 aromatic carbocycles. The number of hydrogen-bond donors (Lipinski definition) is 2. The van der Waals surface area contributed by atoms with Gasteiger partial charge in [0.2, 0.25) is 0 Å². The zero-order valence-electron chi connectivity index (χ0n) is 10.3. The molecule has 1 aliphatic heterocycles. The second-order valence-electron chi connectivity index (χ2n) is 4.51. The summed E-state index contributed by atoms with van der Waals surface area (Å²) in [5, 5.41) is 18.7. The maximum atomic E-state index is 9.54. The molecule has 0 aliphatic carbocycles. The summed E-state index contributed by atoms with van der Waals surface area (Å²) in [7, 11) is 0. The monoisotopic (exact) mass is 315 g/mol. The van der Waals surface area contributed by atoms with Gasteiger partial charge in [0.25, 0.3) is 0 Å². The SMILES string of the molecule is C[C@H](O)c1ccc(N2CCOC(CO)C2)c(Br)c1. The predicted octanol–water partition coefficient (Wildman–Crippen LogP) is 1.70. The second-order valence-corrected chi connectivity index (χ2v) is 5.36. The van der Waals surface area contributed by atoms with Crippen molar-refractivity contribution in [3.63, 3.8) is 0 Å². The van der Waals surface area contributed by atoms with Crippen molar-refractivity contribution in [2.24, 2.45) is 0 Å². The summed E-state index contributed by atoms with van der Waals surface area (Å²) in [6, 6.07) is 5.85. The maximum Gasteiger partial charge on any atom is 0.0980 e. The first-order valence-electron chi connectivity index (χ1n) is 6.06. The zero-order valence-corrected chi connectivity index (χ0v) is 11.9. The second kappa shape index (κ2) is 6.02. The summed E-state index contributed by atoms with van der Waals surface area (Å²) >= 11 is 3.54. The zero-order chi connectivity index (χ0) is 13.1. The first-order chi connectivity index (χ1) is 8.61. The van der Waals surface area contributed by atoms with Gasteiger partial charge in [0.1, 0.15) is 0 Å². The summed E-state index contributed by atoms with van der Waals surface area (Å²) in [4.78, 5) is 2.18. The number of aliphatic hydroxyl groups excluding tert-OH is 2. The Hall–Kier alpha value is -0.620. The van der Waals surface area contributed by atoms with E-state index >= 15 is 0 Å². The molecule has 1 fully saturated rings. The van der Waals surface area contributed by atoms with Gasteiger partial charge in [-0.1, -0.05) is 6.07 Å². The molecule has 1 saturated heterocycles. The molecule has 0 bridgehead atoms. The van der Waals surface area contributed by atoms with E-state index in [0.29, 0.717) is 13.2 Å².